The second-order valence-electron chi connectivity index (χ2n) is 13.4. The van der Waals surface area contributed by atoms with E-state index in [1.54, 1.807) is 0 Å². The average molecular weight is 575 g/mol. The molecule has 0 fully saturated rings. The lowest BCUT2D eigenvalue weighted by Gasteiger charge is -2.23. The molecule has 8 aromatic rings. The summed E-state index contributed by atoms with van der Waals surface area (Å²) in [6.45, 7) is 9.42. The topological polar surface area (TPSA) is 0 Å². The van der Waals surface area contributed by atoms with Crippen LogP contribution in [0.15, 0.2) is 133 Å². The summed E-state index contributed by atoms with van der Waals surface area (Å²) in [5, 5.41) is 10.6. The number of hydrogen-bond acceptors (Lipinski definition) is 0. The van der Waals surface area contributed by atoms with Crippen LogP contribution in [0.1, 0.15) is 36.1 Å². The molecular formula is C45H34. The van der Waals surface area contributed by atoms with Crippen LogP contribution in [0.25, 0.3) is 76.5 Å². The molecule has 1 aliphatic rings. The van der Waals surface area contributed by atoms with Crippen LogP contribution in [-0.4, -0.2) is 0 Å². The molecule has 0 bridgehead atoms. The fourth-order valence-electron chi connectivity index (χ4n) is 8.16. The van der Waals surface area contributed by atoms with E-state index in [9.17, 15) is 0 Å². The molecule has 0 aliphatic heterocycles. The highest BCUT2D eigenvalue weighted by atomic mass is 14.4. The van der Waals surface area contributed by atoms with Crippen molar-refractivity contribution in [2.45, 2.75) is 33.1 Å². The van der Waals surface area contributed by atoms with Gasteiger partial charge in [-0.25, -0.2) is 0 Å². The largest absolute Gasteiger partial charge is 0.0616 e. The third-order valence-corrected chi connectivity index (χ3v) is 10.7. The van der Waals surface area contributed by atoms with Crippen LogP contribution in [-0.2, 0) is 5.41 Å². The van der Waals surface area contributed by atoms with Gasteiger partial charge in [0.2, 0.25) is 0 Å². The Kier molecular flexibility index (Phi) is 5.48. The van der Waals surface area contributed by atoms with Gasteiger partial charge in [0, 0.05) is 5.41 Å². The molecule has 1 aliphatic carbocycles. The molecule has 0 atom stereocenters. The SMILES string of the molecule is Cc1c2ccc(-c3cccc4ccccc34)cc2c(C)c2cc3c(cc12)-c1ccc(-c2cccc4ccccc24)cc1C3(C)C. The van der Waals surface area contributed by atoms with Crippen molar-refractivity contribution in [1.82, 2.24) is 0 Å². The van der Waals surface area contributed by atoms with Crippen LogP contribution >= 0.6 is 0 Å². The second-order valence-corrected chi connectivity index (χ2v) is 13.4. The molecular weight excluding hydrogens is 540 g/mol. The normalized spacial score (nSPS) is 13.5. The third kappa shape index (κ3) is 3.72. The van der Waals surface area contributed by atoms with Crippen molar-refractivity contribution < 1.29 is 0 Å². The molecule has 0 heterocycles. The maximum atomic E-state index is 2.51. The number of rotatable bonds is 2. The first-order valence-electron chi connectivity index (χ1n) is 16.0. The van der Waals surface area contributed by atoms with Gasteiger partial charge in [0.1, 0.15) is 0 Å². The number of aryl methyl sites for hydroxylation is 2. The summed E-state index contributed by atoms with van der Waals surface area (Å²) in [6.07, 6.45) is 0. The lowest BCUT2D eigenvalue weighted by molar-refractivity contribution is 0.661. The monoisotopic (exact) mass is 574 g/mol. The molecule has 0 unspecified atom stereocenters. The molecule has 45 heavy (non-hydrogen) atoms. The quantitative estimate of drug-likeness (QED) is 0.180. The Balaban J connectivity index is 1.23. The third-order valence-electron chi connectivity index (χ3n) is 10.7. The van der Waals surface area contributed by atoms with E-state index in [2.05, 4.69) is 161 Å². The van der Waals surface area contributed by atoms with Gasteiger partial charge in [0.05, 0.1) is 0 Å². The van der Waals surface area contributed by atoms with Crippen LogP contribution in [0.5, 0.6) is 0 Å². The van der Waals surface area contributed by atoms with Gasteiger partial charge in [0.15, 0.2) is 0 Å². The zero-order valence-electron chi connectivity index (χ0n) is 26.2. The number of fused-ring (bicyclic) bond motifs is 7. The second kappa shape index (κ2) is 9.40. The molecule has 0 saturated heterocycles. The Bertz CT molecular complexity index is 2510. The zero-order valence-corrected chi connectivity index (χ0v) is 26.2. The summed E-state index contributed by atoms with van der Waals surface area (Å²) in [7, 11) is 0. The van der Waals surface area contributed by atoms with Crippen molar-refractivity contribution >= 4 is 43.1 Å². The molecule has 0 radical (unpaired) electrons. The Morgan fingerprint density at radius 1 is 0.356 bits per heavy atom. The van der Waals surface area contributed by atoms with Crippen molar-refractivity contribution in [3.8, 4) is 33.4 Å². The van der Waals surface area contributed by atoms with Gasteiger partial charge in [0.25, 0.3) is 0 Å². The van der Waals surface area contributed by atoms with Gasteiger partial charge in [-0.15, -0.1) is 0 Å². The van der Waals surface area contributed by atoms with E-state index in [1.165, 1.54) is 98.7 Å². The van der Waals surface area contributed by atoms with Crippen LogP contribution in [0.3, 0.4) is 0 Å². The van der Waals surface area contributed by atoms with Gasteiger partial charge in [-0.1, -0.05) is 123 Å². The van der Waals surface area contributed by atoms with E-state index < -0.39 is 0 Å². The van der Waals surface area contributed by atoms with Crippen molar-refractivity contribution in [2.75, 3.05) is 0 Å². The van der Waals surface area contributed by atoms with Gasteiger partial charge in [-0.3, -0.25) is 0 Å². The van der Waals surface area contributed by atoms with E-state index >= 15 is 0 Å². The molecule has 214 valence electrons. The number of hydrogen-bond donors (Lipinski definition) is 0. The first-order valence-corrected chi connectivity index (χ1v) is 16.0. The summed E-state index contributed by atoms with van der Waals surface area (Å²) in [5.41, 5.74) is 13.3. The smallest absolute Gasteiger partial charge is 0.0159 e. The van der Waals surface area contributed by atoms with E-state index in [1.807, 2.05) is 0 Å². The Morgan fingerprint density at radius 2 is 0.867 bits per heavy atom. The van der Waals surface area contributed by atoms with E-state index in [0.717, 1.165) is 0 Å². The maximum absolute atomic E-state index is 2.51. The van der Waals surface area contributed by atoms with Crippen LogP contribution < -0.4 is 0 Å². The summed E-state index contributed by atoms with van der Waals surface area (Å²) in [5.74, 6) is 0. The van der Waals surface area contributed by atoms with Gasteiger partial charge < -0.3 is 0 Å². The molecule has 0 heteroatoms. The first-order chi connectivity index (χ1) is 21.9. The summed E-state index contributed by atoms with van der Waals surface area (Å²) in [6, 6.07) is 49.9. The minimum atomic E-state index is -0.0977. The Hall–Kier alpha value is -5.20. The minimum Gasteiger partial charge on any atom is -0.0616 e. The Labute approximate surface area is 264 Å². The highest BCUT2D eigenvalue weighted by Gasteiger charge is 2.36. The van der Waals surface area contributed by atoms with Gasteiger partial charge in [-0.05, 0) is 137 Å². The summed E-state index contributed by atoms with van der Waals surface area (Å²) < 4.78 is 0. The van der Waals surface area contributed by atoms with Crippen LogP contribution in [0.2, 0.25) is 0 Å². The van der Waals surface area contributed by atoms with Crippen molar-refractivity contribution in [3.05, 3.63) is 156 Å². The predicted octanol–water partition coefficient (Wildman–Crippen LogP) is 12.6. The minimum absolute atomic E-state index is 0.0977. The standard InChI is InChI=1S/C45H34/c1-27-33-21-19-31(36-17-9-13-29-11-5-7-15-34(29)36)23-39(33)28(2)41-26-44-42(25-40(27)41)38-22-20-32(24-43(38)45(44,3)4)37-18-10-14-30-12-6-8-16-35(30)37/h5-26H,1-4H3. The highest BCUT2D eigenvalue weighted by Crippen LogP contribution is 2.52. The molecule has 0 spiro atoms. The van der Waals surface area contributed by atoms with E-state index in [0.29, 0.717) is 0 Å². The molecule has 0 amide bonds. The van der Waals surface area contributed by atoms with Crippen molar-refractivity contribution in [1.29, 1.82) is 0 Å². The lowest BCUT2D eigenvalue weighted by Crippen LogP contribution is -2.15. The molecule has 8 aromatic carbocycles. The van der Waals surface area contributed by atoms with Gasteiger partial charge in [-0.2, -0.15) is 0 Å². The summed E-state index contributed by atoms with van der Waals surface area (Å²) in [4.78, 5) is 0. The number of benzene rings is 8. The lowest BCUT2D eigenvalue weighted by atomic mass is 9.80. The summed E-state index contributed by atoms with van der Waals surface area (Å²) >= 11 is 0. The van der Waals surface area contributed by atoms with Gasteiger partial charge >= 0.3 is 0 Å². The molecule has 0 nitrogen and oxygen atoms in total. The molecule has 9 rings (SSSR count). The molecule has 0 saturated carbocycles. The average Bonchev–Trinajstić information content (AvgIpc) is 3.30. The maximum Gasteiger partial charge on any atom is 0.0159 e. The van der Waals surface area contributed by atoms with E-state index in [4.69, 9.17) is 0 Å². The fourth-order valence-corrected chi connectivity index (χ4v) is 8.16. The zero-order chi connectivity index (χ0) is 30.4. The molecule has 0 aromatic heterocycles. The van der Waals surface area contributed by atoms with Crippen molar-refractivity contribution in [2.24, 2.45) is 0 Å². The first kappa shape index (κ1) is 26.2. The van der Waals surface area contributed by atoms with Crippen LogP contribution in [0.4, 0.5) is 0 Å². The van der Waals surface area contributed by atoms with Crippen LogP contribution in [0, 0.1) is 13.8 Å². The fraction of sp³-hybridized carbons (Fsp3) is 0.111. The molecule has 0 N–H and O–H groups in total. The van der Waals surface area contributed by atoms with E-state index in [-0.39, 0.29) is 5.41 Å². The Morgan fingerprint density at radius 3 is 1.56 bits per heavy atom. The predicted molar refractivity (Wildman–Crippen MR) is 194 cm³/mol. The highest BCUT2D eigenvalue weighted by molar-refractivity contribution is 6.10. The van der Waals surface area contributed by atoms with Crippen molar-refractivity contribution in [3.63, 3.8) is 0 Å².